The van der Waals surface area contributed by atoms with Crippen LogP contribution in [-0.2, 0) is 0 Å². The largest absolute Gasteiger partial charge is 0.319 e. The number of allylic oxidation sites excluding steroid dienone is 2. The molecule has 0 aromatic rings. The number of nitrogens with two attached hydrogens (primary N) is 1. The first-order valence-corrected chi connectivity index (χ1v) is 4.29. The summed E-state index contributed by atoms with van der Waals surface area (Å²) in [5, 5.41) is 7.42. The Balaban J connectivity index is 2.97. The first kappa shape index (κ1) is 8.17. The molecule has 0 amide bonds. The van der Waals surface area contributed by atoms with Crippen LogP contribution in [0.1, 0.15) is 0 Å². The van der Waals surface area contributed by atoms with Gasteiger partial charge in [0.05, 0.1) is 11.8 Å². The van der Waals surface area contributed by atoms with Crippen LogP contribution < -0.4 is 5.73 Å². The highest BCUT2D eigenvalue weighted by molar-refractivity contribution is 9.12. The van der Waals surface area contributed by atoms with Crippen LogP contribution in [0.2, 0.25) is 0 Å². The van der Waals surface area contributed by atoms with Gasteiger partial charge in [0.25, 0.3) is 0 Å². The molecule has 10 heavy (non-hydrogen) atoms. The average molecular weight is 266 g/mol. The fraction of sp³-hybridized carbons (Fsp3) is 0.167. The molecule has 0 aromatic heterocycles. The van der Waals surface area contributed by atoms with Crippen molar-refractivity contribution in [3.8, 4) is 0 Å². The molecule has 2 nitrogen and oxygen atoms in total. The molecule has 54 valence electrons. The third kappa shape index (κ3) is 1.38. The fourth-order valence-corrected chi connectivity index (χ4v) is 1.37. The molecule has 0 aliphatic heterocycles. The number of rotatable bonds is 0. The summed E-state index contributed by atoms with van der Waals surface area (Å²) in [4.78, 5) is 0. The molecule has 0 radical (unpaired) electrons. The van der Waals surface area contributed by atoms with Crippen LogP contribution in [0.4, 0.5) is 0 Å². The first-order chi connectivity index (χ1) is 4.63. The van der Waals surface area contributed by atoms with Gasteiger partial charge < -0.3 is 11.1 Å². The van der Waals surface area contributed by atoms with Crippen molar-refractivity contribution in [2.45, 2.75) is 6.04 Å². The maximum Gasteiger partial charge on any atom is 0.0796 e. The van der Waals surface area contributed by atoms with Crippen molar-refractivity contribution >= 4 is 37.6 Å². The quantitative estimate of drug-likeness (QED) is 0.691. The minimum Gasteiger partial charge on any atom is -0.319 e. The Morgan fingerprint density at radius 3 is 2.50 bits per heavy atom. The van der Waals surface area contributed by atoms with Crippen molar-refractivity contribution in [3.05, 3.63) is 21.1 Å². The zero-order valence-corrected chi connectivity index (χ0v) is 8.24. The molecule has 1 unspecified atom stereocenters. The van der Waals surface area contributed by atoms with Gasteiger partial charge in [0.15, 0.2) is 0 Å². The van der Waals surface area contributed by atoms with Gasteiger partial charge in [0.1, 0.15) is 0 Å². The third-order valence-electron chi connectivity index (χ3n) is 1.25. The molecule has 0 aromatic carbocycles. The number of nitrogens with one attached hydrogen (secondary N) is 1. The van der Waals surface area contributed by atoms with E-state index in [9.17, 15) is 0 Å². The summed E-state index contributed by atoms with van der Waals surface area (Å²) in [6.45, 7) is 0. The normalized spacial score (nSPS) is 25.9. The highest BCUT2D eigenvalue weighted by Crippen LogP contribution is 2.22. The van der Waals surface area contributed by atoms with E-state index in [0.717, 1.165) is 8.96 Å². The van der Waals surface area contributed by atoms with E-state index in [1.165, 1.54) is 0 Å². The lowest BCUT2D eigenvalue weighted by Crippen LogP contribution is -2.31. The van der Waals surface area contributed by atoms with Crippen LogP contribution in [0.25, 0.3) is 0 Å². The molecule has 0 saturated carbocycles. The van der Waals surface area contributed by atoms with E-state index in [0.29, 0.717) is 5.71 Å². The average Bonchev–Trinajstić information content (AvgIpc) is 1.93. The molecule has 3 N–H and O–H groups in total. The summed E-state index contributed by atoms with van der Waals surface area (Å²) in [5.74, 6) is 0. The molecular formula is C6H6Br2N2. The molecule has 0 spiro atoms. The van der Waals surface area contributed by atoms with Gasteiger partial charge >= 0.3 is 0 Å². The van der Waals surface area contributed by atoms with Gasteiger partial charge in [-0.2, -0.15) is 0 Å². The van der Waals surface area contributed by atoms with Gasteiger partial charge in [-0.1, -0.05) is 15.9 Å². The summed E-state index contributed by atoms with van der Waals surface area (Å²) in [7, 11) is 0. The molecule has 0 fully saturated rings. The highest BCUT2D eigenvalue weighted by atomic mass is 79.9. The summed E-state index contributed by atoms with van der Waals surface area (Å²) in [5.41, 5.74) is 6.01. The predicted molar refractivity (Wildman–Crippen MR) is 49.7 cm³/mol. The molecule has 1 aliphatic carbocycles. The van der Waals surface area contributed by atoms with E-state index in [1.807, 2.05) is 6.08 Å². The molecule has 0 saturated heterocycles. The van der Waals surface area contributed by atoms with Crippen molar-refractivity contribution in [1.82, 2.24) is 0 Å². The van der Waals surface area contributed by atoms with E-state index >= 15 is 0 Å². The molecule has 4 heteroatoms. The SMILES string of the molecule is N=C1C(Br)=CC=C(Br)C1N. The Bertz CT molecular complexity index is 228. The van der Waals surface area contributed by atoms with Crippen LogP contribution in [0.5, 0.6) is 0 Å². The highest BCUT2D eigenvalue weighted by Gasteiger charge is 2.17. The topological polar surface area (TPSA) is 49.9 Å². The van der Waals surface area contributed by atoms with Crippen molar-refractivity contribution in [1.29, 1.82) is 5.41 Å². The van der Waals surface area contributed by atoms with Crippen LogP contribution in [0, 0.1) is 5.41 Å². The molecular weight excluding hydrogens is 260 g/mol. The van der Waals surface area contributed by atoms with E-state index < -0.39 is 0 Å². The summed E-state index contributed by atoms with van der Waals surface area (Å²) in [6, 6.07) is -0.306. The second-order valence-corrected chi connectivity index (χ2v) is 3.73. The van der Waals surface area contributed by atoms with Crippen LogP contribution >= 0.6 is 31.9 Å². The van der Waals surface area contributed by atoms with Crippen molar-refractivity contribution in [2.24, 2.45) is 5.73 Å². The van der Waals surface area contributed by atoms with E-state index in [4.69, 9.17) is 11.1 Å². The van der Waals surface area contributed by atoms with Gasteiger partial charge in [-0.3, -0.25) is 0 Å². The maximum atomic E-state index is 7.42. The Hall–Kier alpha value is 0.0700. The van der Waals surface area contributed by atoms with Gasteiger partial charge in [-0.25, -0.2) is 0 Å². The van der Waals surface area contributed by atoms with Gasteiger partial charge in [-0.15, -0.1) is 0 Å². The van der Waals surface area contributed by atoms with Crippen molar-refractivity contribution < 1.29 is 0 Å². The first-order valence-electron chi connectivity index (χ1n) is 2.70. The zero-order chi connectivity index (χ0) is 7.72. The summed E-state index contributed by atoms with van der Waals surface area (Å²) in [6.07, 6.45) is 3.64. The van der Waals surface area contributed by atoms with Gasteiger partial charge in [-0.05, 0) is 28.1 Å². The third-order valence-corrected chi connectivity index (χ3v) is 2.70. The molecule has 1 atom stereocenters. The standard InChI is InChI=1S/C6H6Br2N2/c7-3-1-2-4(8)6(10)5(3)9/h1-2,5,10H,9H2. The number of halogens is 2. The Labute approximate surface area is 75.9 Å². The molecule has 1 aliphatic rings. The Morgan fingerprint density at radius 1 is 1.40 bits per heavy atom. The van der Waals surface area contributed by atoms with Crippen LogP contribution in [0.15, 0.2) is 21.1 Å². The lowest BCUT2D eigenvalue weighted by atomic mass is 10.1. The molecule has 1 rings (SSSR count). The minimum absolute atomic E-state index is 0.306. The Morgan fingerprint density at radius 2 is 2.00 bits per heavy atom. The molecule has 0 heterocycles. The lowest BCUT2D eigenvalue weighted by Gasteiger charge is -2.15. The summed E-state index contributed by atoms with van der Waals surface area (Å²) < 4.78 is 1.60. The van der Waals surface area contributed by atoms with Crippen LogP contribution in [-0.4, -0.2) is 11.8 Å². The monoisotopic (exact) mass is 264 g/mol. The fourth-order valence-electron chi connectivity index (χ4n) is 0.633. The zero-order valence-electron chi connectivity index (χ0n) is 5.07. The second-order valence-electron chi connectivity index (χ2n) is 1.96. The van der Waals surface area contributed by atoms with E-state index in [2.05, 4.69) is 31.9 Å². The van der Waals surface area contributed by atoms with Crippen LogP contribution in [0.3, 0.4) is 0 Å². The predicted octanol–water partition coefficient (Wildman–Crippen LogP) is 1.90. The maximum absolute atomic E-state index is 7.42. The van der Waals surface area contributed by atoms with Gasteiger partial charge in [0, 0.05) is 8.96 Å². The lowest BCUT2D eigenvalue weighted by molar-refractivity contribution is 1.05. The van der Waals surface area contributed by atoms with E-state index in [1.54, 1.807) is 6.08 Å². The smallest absolute Gasteiger partial charge is 0.0796 e. The summed E-state index contributed by atoms with van der Waals surface area (Å²) >= 11 is 6.46. The van der Waals surface area contributed by atoms with Gasteiger partial charge in [0.2, 0.25) is 0 Å². The minimum atomic E-state index is -0.306. The van der Waals surface area contributed by atoms with E-state index in [-0.39, 0.29) is 6.04 Å². The van der Waals surface area contributed by atoms with Crippen molar-refractivity contribution in [3.63, 3.8) is 0 Å². The number of hydrogen-bond donors (Lipinski definition) is 2. The molecule has 0 bridgehead atoms. The van der Waals surface area contributed by atoms with Crippen molar-refractivity contribution in [2.75, 3.05) is 0 Å². The Kier molecular flexibility index (Phi) is 2.44. The number of hydrogen-bond acceptors (Lipinski definition) is 2. The second kappa shape index (κ2) is 2.98.